The Morgan fingerprint density at radius 1 is 0.500 bits per heavy atom. The van der Waals surface area contributed by atoms with Crippen LogP contribution in [0.2, 0.25) is 0 Å². The molecule has 0 fully saturated rings. The molecule has 28 heavy (non-hydrogen) atoms. The third-order valence-electron chi connectivity index (χ3n) is 5.39. The molecule has 1 aromatic heterocycles. The minimum Gasteiger partial charge on any atom is -0.378 e. The summed E-state index contributed by atoms with van der Waals surface area (Å²) in [5.41, 5.74) is 7.27. The van der Waals surface area contributed by atoms with Crippen LogP contribution >= 0.6 is 0 Å². The van der Waals surface area contributed by atoms with Crippen LogP contribution in [0.5, 0.6) is 0 Å². The Kier molecular flexibility index (Phi) is 4.42. The van der Waals surface area contributed by atoms with E-state index in [0.29, 0.717) is 0 Å². The smallest absolute Gasteiger partial charge is 0.0542 e. The van der Waals surface area contributed by atoms with E-state index in [1.807, 2.05) is 0 Å². The van der Waals surface area contributed by atoms with Crippen molar-refractivity contribution in [1.82, 2.24) is 4.57 Å². The first-order valence-electron chi connectivity index (χ1n) is 9.57. The standard InChI is InChI=1S/C24H28N4/c1-25(2)17-7-9-18(10-8-17)28-23-13-11-19(26(3)4)15-21(23)22-16-20(27(5)6)12-14-24(22)28/h7-16H,1-6H3. The minimum atomic E-state index is 1.18. The zero-order chi connectivity index (χ0) is 20.0. The topological polar surface area (TPSA) is 14.7 Å². The van der Waals surface area contributed by atoms with Crippen molar-refractivity contribution in [3.8, 4) is 5.69 Å². The van der Waals surface area contributed by atoms with Crippen LogP contribution in [0, 0.1) is 0 Å². The maximum absolute atomic E-state index is 2.36. The normalized spacial score (nSPS) is 11.2. The third-order valence-corrected chi connectivity index (χ3v) is 5.39. The van der Waals surface area contributed by atoms with E-state index in [0.717, 1.165) is 0 Å². The van der Waals surface area contributed by atoms with Gasteiger partial charge in [0.05, 0.1) is 11.0 Å². The minimum absolute atomic E-state index is 1.18. The lowest BCUT2D eigenvalue weighted by Crippen LogP contribution is -2.08. The Bertz CT molecular complexity index is 1070. The molecule has 4 rings (SSSR count). The van der Waals surface area contributed by atoms with E-state index in [2.05, 4.69) is 122 Å². The van der Waals surface area contributed by atoms with E-state index >= 15 is 0 Å². The van der Waals surface area contributed by atoms with Crippen LogP contribution in [-0.4, -0.2) is 46.9 Å². The van der Waals surface area contributed by atoms with Crippen molar-refractivity contribution in [2.75, 3.05) is 57.0 Å². The molecule has 4 nitrogen and oxygen atoms in total. The fourth-order valence-corrected chi connectivity index (χ4v) is 3.73. The van der Waals surface area contributed by atoms with Gasteiger partial charge >= 0.3 is 0 Å². The van der Waals surface area contributed by atoms with Gasteiger partial charge in [-0.25, -0.2) is 0 Å². The molecule has 0 spiro atoms. The summed E-state index contributed by atoms with van der Waals surface area (Å²) in [4.78, 5) is 6.44. The number of fused-ring (bicyclic) bond motifs is 3. The Hall–Kier alpha value is -3.14. The highest BCUT2D eigenvalue weighted by atomic mass is 15.1. The second-order valence-corrected chi connectivity index (χ2v) is 7.94. The number of anilines is 3. The van der Waals surface area contributed by atoms with Gasteiger partial charge in [-0.2, -0.15) is 0 Å². The number of benzene rings is 3. The first kappa shape index (κ1) is 18.2. The van der Waals surface area contributed by atoms with E-state index in [1.54, 1.807) is 0 Å². The van der Waals surface area contributed by atoms with Crippen molar-refractivity contribution < 1.29 is 0 Å². The predicted molar refractivity (Wildman–Crippen MR) is 124 cm³/mol. The average Bonchev–Trinajstić information content (AvgIpc) is 3.00. The van der Waals surface area contributed by atoms with Gasteiger partial charge in [0.15, 0.2) is 0 Å². The van der Waals surface area contributed by atoms with Gasteiger partial charge in [0, 0.05) is 75.8 Å². The molecule has 0 aliphatic heterocycles. The van der Waals surface area contributed by atoms with E-state index in [9.17, 15) is 0 Å². The van der Waals surface area contributed by atoms with E-state index in [4.69, 9.17) is 0 Å². The summed E-state index contributed by atoms with van der Waals surface area (Å²) in [5, 5.41) is 2.56. The van der Waals surface area contributed by atoms with E-state index < -0.39 is 0 Å². The molecule has 0 aliphatic rings. The van der Waals surface area contributed by atoms with Crippen LogP contribution in [0.15, 0.2) is 60.7 Å². The lowest BCUT2D eigenvalue weighted by Gasteiger charge is -2.15. The first-order valence-corrected chi connectivity index (χ1v) is 9.57. The van der Waals surface area contributed by atoms with Crippen LogP contribution in [-0.2, 0) is 0 Å². The summed E-state index contributed by atoms with van der Waals surface area (Å²) in [6.45, 7) is 0. The molecule has 3 aromatic carbocycles. The summed E-state index contributed by atoms with van der Waals surface area (Å²) < 4.78 is 2.36. The first-order chi connectivity index (χ1) is 13.4. The van der Waals surface area contributed by atoms with Crippen molar-refractivity contribution in [3.05, 3.63) is 60.7 Å². The summed E-state index contributed by atoms with van der Waals surface area (Å²) in [7, 11) is 12.5. The molecule has 0 aliphatic carbocycles. The van der Waals surface area contributed by atoms with Crippen LogP contribution < -0.4 is 14.7 Å². The van der Waals surface area contributed by atoms with Crippen LogP contribution in [0.3, 0.4) is 0 Å². The molecule has 0 radical (unpaired) electrons. The van der Waals surface area contributed by atoms with Gasteiger partial charge in [-0.1, -0.05) is 0 Å². The number of nitrogens with zero attached hydrogens (tertiary/aromatic N) is 4. The second-order valence-electron chi connectivity index (χ2n) is 7.94. The van der Waals surface area contributed by atoms with Crippen molar-refractivity contribution in [2.45, 2.75) is 0 Å². The fourth-order valence-electron chi connectivity index (χ4n) is 3.73. The third kappa shape index (κ3) is 2.95. The number of aromatic nitrogens is 1. The van der Waals surface area contributed by atoms with Crippen molar-refractivity contribution in [2.24, 2.45) is 0 Å². The highest BCUT2D eigenvalue weighted by molar-refractivity contribution is 6.11. The fraction of sp³-hybridized carbons (Fsp3) is 0.250. The SMILES string of the molecule is CN(C)c1ccc(-n2c3ccc(N(C)C)cc3c3cc(N(C)C)ccc32)cc1. The van der Waals surface area contributed by atoms with Gasteiger partial charge < -0.3 is 19.3 Å². The van der Waals surface area contributed by atoms with Crippen LogP contribution in [0.1, 0.15) is 0 Å². The van der Waals surface area contributed by atoms with Gasteiger partial charge in [0.2, 0.25) is 0 Å². The van der Waals surface area contributed by atoms with Crippen molar-refractivity contribution >= 4 is 38.9 Å². The molecule has 0 N–H and O–H groups in total. The van der Waals surface area contributed by atoms with Gasteiger partial charge in [-0.3, -0.25) is 0 Å². The molecule has 144 valence electrons. The Morgan fingerprint density at radius 3 is 1.29 bits per heavy atom. The monoisotopic (exact) mass is 372 g/mol. The lowest BCUT2D eigenvalue weighted by molar-refractivity contribution is 1.12. The molecule has 0 saturated heterocycles. The van der Waals surface area contributed by atoms with E-state index in [1.165, 1.54) is 44.6 Å². The molecule has 0 atom stereocenters. The molecule has 0 saturated carbocycles. The molecule has 1 heterocycles. The molecule has 0 unspecified atom stereocenters. The summed E-state index contributed by atoms with van der Waals surface area (Å²) in [5.74, 6) is 0. The van der Waals surface area contributed by atoms with Gasteiger partial charge in [0.1, 0.15) is 0 Å². The summed E-state index contributed by atoms with van der Waals surface area (Å²) >= 11 is 0. The zero-order valence-corrected chi connectivity index (χ0v) is 17.6. The zero-order valence-electron chi connectivity index (χ0n) is 17.6. The maximum Gasteiger partial charge on any atom is 0.0542 e. The summed E-state index contributed by atoms with van der Waals surface area (Å²) in [6, 6.07) is 22.2. The maximum atomic E-state index is 2.36. The molecular weight excluding hydrogens is 344 g/mol. The number of hydrogen-bond donors (Lipinski definition) is 0. The van der Waals surface area contributed by atoms with Crippen LogP contribution in [0.25, 0.3) is 27.5 Å². The Labute approximate surface area is 167 Å². The largest absolute Gasteiger partial charge is 0.378 e. The number of hydrogen-bond acceptors (Lipinski definition) is 3. The molecule has 0 bridgehead atoms. The molecule has 0 amide bonds. The van der Waals surface area contributed by atoms with E-state index in [-0.39, 0.29) is 0 Å². The highest BCUT2D eigenvalue weighted by Gasteiger charge is 2.14. The Balaban J connectivity index is 2.03. The Morgan fingerprint density at radius 2 is 0.893 bits per heavy atom. The van der Waals surface area contributed by atoms with Gasteiger partial charge in [0.25, 0.3) is 0 Å². The van der Waals surface area contributed by atoms with Crippen molar-refractivity contribution in [3.63, 3.8) is 0 Å². The van der Waals surface area contributed by atoms with Gasteiger partial charge in [-0.05, 0) is 60.7 Å². The predicted octanol–water partition coefficient (Wildman–Crippen LogP) is 4.98. The molecule has 4 aromatic rings. The summed E-state index contributed by atoms with van der Waals surface area (Å²) in [6.07, 6.45) is 0. The lowest BCUT2D eigenvalue weighted by atomic mass is 10.1. The van der Waals surface area contributed by atoms with Crippen molar-refractivity contribution in [1.29, 1.82) is 0 Å². The average molecular weight is 373 g/mol. The highest BCUT2D eigenvalue weighted by Crippen LogP contribution is 2.36. The number of rotatable bonds is 4. The van der Waals surface area contributed by atoms with Crippen LogP contribution in [0.4, 0.5) is 17.1 Å². The quantitative estimate of drug-likeness (QED) is 0.502. The molecule has 4 heteroatoms. The second kappa shape index (κ2) is 6.79. The van der Waals surface area contributed by atoms with Gasteiger partial charge in [-0.15, -0.1) is 0 Å². The molecular formula is C24H28N4.